The van der Waals surface area contributed by atoms with Gasteiger partial charge in [-0.25, -0.2) is 0 Å². The van der Waals surface area contributed by atoms with E-state index in [1.54, 1.807) is 0 Å². The first kappa shape index (κ1) is 10.4. The molecule has 0 aromatic rings. The first-order valence-electron chi connectivity index (χ1n) is 5.86. The molecule has 2 rings (SSSR count). The summed E-state index contributed by atoms with van der Waals surface area (Å²) >= 11 is 0. The van der Waals surface area contributed by atoms with Crippen LogP contribution in [0.4, 0.5) is 0 Å². The Balaban J connectivity index is 1.49. The first-order valence-corrected chi connectivity index (χ1v) is 5.86. The molecule has 0 spiro atoms. The second-order valence-electron chi connectivity index (χ2n) is 4.88. The van der Waals surface area contributed by atoms with E-state index in [0.29, 0.717) is 0 Å². The summed E-state index contributed by atoms with van der Waals surface area (Å²) in [5, 5.41) is 3.47. The zero-order valence-electron chi connectivity index (χ0n) is 8.93. The van der Waals surface area contributed by atoms with Crippen molar-refractivity contribution in [2.45, 2.75) is 37.6 Å². The number of rotatable bonds is 5. The summed E-state index contributed by atoms with van der Waals surface area (Å²) in [6, 6.07) is 0. The van der Waals surface area contributed by atoms with Crippen LogP contribution in [0.3, 0.4) is 0 Å². The number of ether oxygens (including phenoxy) is 1. The van der Waals surface area contributed by atoms with Gasteiger partial charge in [-0.15, -0.1) is 0 Å². The van der Waals surface area contributed by atoms with Gasteiger partial charge in [0.05, 0.1) is 0 Å². The average Bonchev–Trinajstić information content (AvgIpc) is 2.94. The van der Waals surface area contributed by atoms with Gasteiger partial charge in [0.2, 0.25) is 0 Å². The predicted octanol–water partition coefficient (Wildman–Crippen LogP) is 0.884. The SMILES string of the molecule is NC1(CNCCC2CCOCC2)CC1. The lowest BCUT2D eigenvalue weighted by Gasteiger charge is -2.22. The van der Waals surface area contributed by atoms with E-state index in [1.165, 1.54) is 32.1 Å². The zero-order chi connectivity index (χ0) is 9.86. The Hall–Kier alpha value is -0.120. The minimum atomic E-state index is 0.162. The van der Waals surface area contributed by atoms with Crippen molar-refractivity contribution in [2.24, 2.45) is 11.7 Å². The van der Waals surface area contributed by atoms with Gasteiger partial charge in [0, 0.05) is 25.3 Å². The lowest BCUT2D eigenvalue weighted by atomic mass is 9.97. The standard InChI is InChI=1S/C11H22N2O/c12-11(4-5-11)9-13-6-1-10-2-7-14-8-3-10/h10,13H,1-9,12H2. The summed E-state index contributed by atoms with van der Waals surface area (Å²) in [7, 11) is 0. The number of nitrogens with one attached hydrogen (secondary N) is 1. The van der Waals surface area contributed by atoms with Crippen molar-refractivity contribution in [1.29, 1.82) is 0 Å². The van der Waals surface area contributed by atoms with E-state index in [1.807, 2.05) is 0 Å². The van der Waals surface area contributed by atoms with E-state index in [0.717, 1.165) is 32.2 Å². The van der Waals surface area contributed by atoms with Crippen LogP contribution in [0.25, 0.3) is 0 Å². The number of hydrogen-bond donors (Lipinski definition) is 2. The summed E-state index contributed by atoms with van der Waals surface area (Å²) in [5.41, 5.74) is 6.15. The Labute approximate surface area is 86.4 Å². The summed E-state index contributed by atoms with van der Waals surface area (Å²) in [4.78, 5) is 0. The van der Waals surface area contributed by atoms with Crippen LogP contribution in [-0.4, -0.2) is 31.8 Å². The molecule has 0 aromatic heterocycles. The third-order valence-electron chi connectivity index (χ3n) is 3.44. The molecule has 2 aliphatic rings. The minimum Gasteiger partial charge on any atom is -0.381 e. The van der Waals surface area contributed by atoms with Gasteiger partial charge in [-0.05, 0) is 44.6 Å². The van der Waals surface area contributed by atoms with Crippen LogP contribution >= 0.6 is 0 Å². The molecule has 0 bridgehead atoms. The molecule has 0 atom stereocenters. The quantitative estimate of drug-likeness (QED) is 0.645. The van der Waals surface area contributed by atoms with E-state index in [4.69, 9.17) is 10.5 Å². The maximum absolute atomic E-state index is 5.98. The molecular weight excluding hydrogens is 176 g/mol. The van der Waals surface area contributed by atoms with Crippen LogP contribution < -0.4 is 11.1 Å². The van der Waals surface area contributed by atoms with Gasteiger partial charge >= 0.3 is 0 Å². The number of hydrogen-bond acceptors (Lipinski definition) is 3. The minimum absolute atomic E-state index is 0.162. The van der Waals surface area contributed by atoms with E-state index < -0.39 is 0 Å². The van der Waals surface area contributed by atoms with Gasteiger partial charge in [0.15, 0.2) is 0 Å². The van der Waals surface area contributed by atoms with Gasteiger partial charge in [-0.1, -0.05) is 0 Å². The van der Waals surface area contributed by atoms with Crippen molar-refractivity contribution in [2.75, 3.05) is 26.3 Å². The smallest absolute Gasteiger partial charge is 0.0468 e. The Morgan fingerprint density at radius 2 is 2.00 bits per heavy atom. The Kier molecular flexibility index (Phi) is 3.42. The largest absolute Gasteiger partial charge is 0.381 e. The summed E-state index contributed by atoms with van der Waals surface area (Å²) < 4.78 is 5.33. The normalized spacial score (nSPS) is 26.4. The van der Waals surface area contributed by atoms with Crippen LogP contribution in [0, 0.1) is 5.92 Å². The first-order chi connectivity index (χ1) is 6.79. The molecule has 1 aliphatic carbocycles. The molecule has 2 fully saturated rings. The molecular formula is C11H22N2O. The third-order valence-corrected chi connectivity index (χ3v) is 3.44. The fraction of sp³-hybridized carbons (Fsp3) is 1.00. The molecule has 3 N–H and O–H groups in total. The molecule has 0 aromatic carbocycles. The molecule has 1 saturated carbocycles. The van der Waals surface area contributed by atoms with Gasteiger partial charge in [-0.3, -0.25) is 0 Å². The lowest BCUT2D eigenvalue weighted by molar-refractivity contribution is 0.0639. The third kappa shape index (κ3) is 3.23. The Bertz CT molecular complexity index is 174. The van der Waals surface area contributed by atoms with E-state index in [2.05, 4.69) is 5.32 Å². The molecule has 1 saturated heterocycles. The fourth-order valence-electron chi connectivity index (χ4n) is 2.02. The maximum atomic E-state index is 5.98. The van der Waals surface area contributed by atoms with E-state index in [-0.39, 0.29) is 5.54 Å². The summed E-state index contributed by atoms with van der Waals surface area (Å²) in [6.07, 6.45) is 6.19. The van der Waals surface area contributed by atoms with Crippen LogP contribution in [0.5, 0.6) is 0 Å². The highest BCUT2D eigenvalue weighted by Crippen LogP contribution is 2.31. The van der Waals surface area contributed by atoms with E-state index >= 15 is 0 Å². The molecule has 1 aliphatic heterocycles. The Morgan fingerprint density at radius 3 is 2.64 bits per heavy atom. The monoisotopic (exact) mass is 198 g/mol. The van der Waals surface area contributed by atoms with Crippen LogP contribution in [0.15, 0.2) is 0 Å². The molecule has 14 heavy (non-hydrogen) atoms. The molecule has 82 valence electrons. The van der Waals surface area contributed by atoms with Gasteiger partial charge < -0.3 is 15.8 Å². The van der Waals surface area contributed by atoms with Crippen molar-refractivity contribution >= 4 is 0 Å². The molecule has 0 radical (unpaired) electrons. The fourth-order valence-corrected chi connectivity index (χ4v) is 2.02. The van der Waals surface area contributed by atoms with Gasteiger partial charge in [0.1, 0.15) is 0 Å². The molecule has 1 heterocycles. The van der Waals surface area contributed by atoms with Crippen LogP contribution in [0.1, 0.15) is 32.1 Å². The van der Waals surface area contributed by atoms with E-state index in [9.17, 15) is 0 Å². The zero-order valence-corrected chi connectivity index (χ0v) is 8.93. The van der Waals surface area contributed by atoms with Crippen molar-refractivity contribution in [3.8, 4) is 0 Å². The number of nitrogens with two attached hydrogens (primary N) is 1. The average molecular weight is 198 g/mol. The highest BCUT2D eigenvalue weighted by molar-refractivity contribution is 5.00. The van der Waals surface area contributed by atoms with Gasteiger partial charge in [0.25, 0.3) is 0 Å². The highest BCUT2D eigenvalue weighted by atomic mass is 16.5. The topological polar surface area (TPSA) is 47.3 Å². The Morgan fingerprint density at radius 1 is 1.29 bits per heavy atom. The van der Waals surface area contributed by atoms with Crippen molar-refractivity contribution in [1.82, 2.24) is 5.32 Å². The summed E-state index contributed by atoms with van der Waals surface area (Å²) in [6.45, 7) is 4.07. The molecule has 0 amide bonds. The second kappa shape index (κ2) is 4.60. The predicted molar refractivity (Wildman–Crippen MR) is 57.2 cm³/mol. The summed E-state index contributed by atoms with van der Waals surface area (Å²) in [5.74, 6) is 0.879. The highest BCUT2D eigenvalue weighted by Gasteiger charge is 2.37. The molecule has 0 unspecified atom stereocenters. The lowest BCUT2D eigenvalue weighted by Crippen LogP contribution is -2.36. The van der Waals surface area contributed by atoms with Crippen LogP contribution in [0.2, 0.25) is 0 Å². The van der Waals surface area contributed by atoms with Crippen LogP contribution in [-0.2, 0) is 4.74 Å². The second-order valence-corrected chi connectivity index (χ2v) is 4.88. The van der Waals surface area contributed by atoms with Crippen molar-refractivity contribution in [3.63, 3.8) is 0 Å². The van der Waals surface area contributed by atoms with Crippen molar-refractivity contribution in [3.05, 3.63) is 0 Å². The maximum Gasteiger partial charge on any atom is 0.0468 e. The van der Waals surface area contributed by atoms with Crippen molar-refractivity contribution < 1.29 is 4.74 Å². The molecule has 3 heteroatoms. The van der Waals surface area contributed by atoms with Gasteiger partial charge in [-0.2, -0.15) is 0 Å². The molecule has 3 nitrogen and oxygen atoms in total.